The van der Waals surface area contributed by atoms with Crippen LogP contribution in [0, 0.1) is 39.4 Å². The zero-order chi connectivity index (χ0) is 26.5. The van der Waals surface area contributed by atoms with Crippen molar-refractivity contribution in [3.05, 3.63) is 23.3 Å². The fourth-order valence-corrected chi connectivity index (χ4v) is 10.2. The Morgan fingerprint density at radius 1 is 0.806 bits per heavy atom. The van der Waals surface area contributed by atoms with Gasteiger partial charge in [0.2, 0.25) is 5.78 Å². The van der Waals surface area contributed by atoms with E-state index in [1.807, 2.05) is 13.0 Å². The maximum atomic E-state index is 13.7. The van der Waals surface area contributed by atoms with Crippen LogP contribution in [-0.4, -0.2) is 44.3 Å². The lowest BCUT2D eigenvalue weighted by molar-refractivity contribution is -0.273. The van der Waals surface area contributed by atoms with Crippen molar-refractivity contribution >= 4 is 11.6 Å². The molecule has 5 heteroatoms. The standard InChI is InChI=1S/C31H46O5/c1-19-16-24-26(2,18-22(19)32)12-14-28(4)23-11-10-20-21(27(23,3)13-15-29(24,28)5)17-25(33)31(35-8,36-9)30(20,6)34-7/h10,17,19,23-24H,11-16,18H2,1-9H3/t19-,23+,24-,26+,27+,28-,29+,30+/m1/s1. The highest BCUT2D eigenvalue weighted by Gasteiger charge is 2.70. The first-order valence-corrected chi connectivity index (χ1v) is 13.9. The second-order valence-electron chi connectivity index (χ2n) is 13.8. The summed E-state index contributed by atoms with van der Waals surface area (Å²) in [6.45, 7) is 13.9. The number of carbonyl (C=O) groups is 2. The number of hydrogen-bond donors (Lipinski definition) is 0. The fraction of sp³-hybridized carbons (Fsp3) is 0.806. The molecule has 5 rings (SSSR count). The van der Waals surface area contributed by atoms with Gasteiger partial charge in [0.15, 0.2) is 5.60 Å². The van der Waals surface area contributed by atoms with E-state index in [4.69, 9.17) is 14.2 Å². The Labute approximate surface area is 217 Å². The van der Waals surface area contributed by atoms with Crippen LogP contribution in [0.15, 0.2) is 23.3 Å². The molecular weight excluding hydrogens is 452 g/mol. The number of ketones is 2. The average molecular weight is 499 g/mol. The van der Waals surface area contributed by atoms with E-state index >= 15 is 0 Å². The summed E-state index contributed by atoms with van der Waals surface area (Å²) in [7, 11) is 4.69. The number of rotatable bonds is 3. The summed E-state index contributed by atoms with van der Waals surface area (Å²) in [6.07, 6.45) is 11.2. The molecule has 5 aliphatic rings. The molecule has 5 aliphatic carbocycles. The molecule has 0 radical (unpaired) electrons. The second kappa shape index (κ2) is 7.86. The van der Waals surface area contributed by atoms with Crippen molar-refractivity contribution in [3.8, 4) is 0 Å². The van der Waals surface area contributed by atoms with E-state index in [-0.39, 0.29) is 33.4 Å². The molecule has 0 heterocycles. The predicted molar refractivity (Wildman–Crippen MR) is 139 cm³/mol. The summed E-state index contributed by atoms with van der Waals surface area (Å²) in [5.41, 5.74) is 1.38. The Morgan fingerprint density at radius 2 is 1.42 bits per heavy atom. The lowest BCUT2D eigenvalue weighted by atomic mass is 9.33. The van der Waals surface area contributed by atoms with E-state index in [9.17, 15) is 9.59 Å². The first kappa shape index (κ1) is 26.3. The third-order valence-corrected chi connectivity index (χ3v) is 12.7. The molecule has 0 saturated heterocycles. The second-order valence-corrected chi connectivity index (χ2v) is 13.8. The molecule has 0 aromatic heterocycles. The third kappa shape index (κ3) is 2.83. The summed E-state index contributed by atoms with van der Waals surface area (Å²) in [5, 5.41) is 0. The Hall–Kier alpha value is -1.30. The van der Waals surface area contributed by atoms with E-state index in [1.54, 1.807) is 7.11 Å². The average Bonchev–Trinajstić information content (AvgIpc) is 2.83. The zero-order valence-electron chi connectivity index (χ0n) is 23.9. The maximum Gasteiger partial charge on any atom is 0.266 e. The van der Waals surface area contributed by atoms with Crippen molar-refractivity contribution in [1.29, 1.82) is 0 Å². The summed E-state index contributed by atoms with van der Waals surface area (Å²) in [4.78, 5) is 26.5. The quantitative estimate of drug-likeness (QED) is 0.442. The minimum absolute atomic E-state index is 0.104. The number of fused-ring (bicyclic) bond motifs is 7. The van der Waals surface area contributed by atoms with Gasteiger partial charge in [0, 0.05) is 33.7 Å². The van der Waals surface area contributed by atoms with Gasteiger partial charge in [-0.05, 0) is 96.2 Å². The van der Waals surface area contributed by atoms with Crippen molar-refractivity contribution < 1.29 is 23.8 Å². The van der Waals surface area contributed by atoms with E-state index < -0.39 is 11.4 Å². The summed E-state index contributed by atoms with van der Waals surface area (Å²) >= 11 is 0. The Kier molecular flexibility index (Phi) is 5.75. The van der Waals surface area contributed by atoms with Gasteiger partial charge < -0.3 is 14.2 Å². The van der Waals surface area contributed by atoms with Gasteiger partial charge in [0.05, 0.1) is 0 Å². The van der Waals surface area contributed by atoms with Gasteiger partial charge in [0.25, 0.3) is 5.79 Å². The van der Waals surface area contributed by atoms with Gasteiger partial charge in [-0.3, -0.25) is 9.59 Å². The molecule has 0 aromatic rings. The minimum Gasteiger partial charge on any atom is -0.368 e. The van der Waals surface area contributed by atoms with Gasteiger partial charge in [-0.1, -0.05) is 40.7 Å². The molecule has 0 N–H and O–H groups in total. The normalized spacial score (nSPS) is 49.8. The molecule has 5 nitrogen and oxygen atoms in total. The molecule has 3 saturated carbocycles. The van der Waals surface area contributed by atoms with Crippen LogP contribution in [0.2, 0.25) is 0 Å². The Bertz CT molecular complexity index is 1050. The zero-order valence-corrected chi connectivity index (χ0v) is 23.9. The van der Waals surface area contributed by atoms with E-state index in [2.05, 4.69) is 40.7 Å². The van der Waals surface area contributed by atoms with Crippen LogP contribution in [0.3, 0.4) is 0 Å². The molecule has 0 aromatic carbocycles. The molecule has 8 atom stereocenters. The number of allylic oxidation sites excluding steroid dienone is 1. The largest absolute Gasteiger partial charge is 0.368 e. The number of Topliss-reactive ketones (excluding diaryl/α,β-unsaturated/α-hetero) is 1. The van der Waals surface area contributed by atoms with Crippen molar-refractivity contribution in [2.75, 3.05) is 21.3 Å². The van der Waals surface area contributed by atoms with Crippen molar-refractivity contribution in [1.82, 2.24) is 0 Å². The Balaban J connectivity index is 1.62. The highest BCUT2D eigenvalue weighted by molar-refractivity contribution is 6.01. The van der Waals surface area contributed by atoms with E-state index in [0.717, 1.165) is 56.1 Å². The molecule has 0 amide bonds. The van der Waals surface area contributed by atoms with E-state index in [0.29, 0.717) is 17.6 Å². The van der Waals surface area contributed by atoms with Gasteiger partial charge in [-0.2, -0.15) is 0 Å². The first-order valence-electron chi connectivity index (χ1n) is 13.9. The van der Waals surface area contributed by atoms with Gasteiger partial charge in [-0.15, -0.1) is 0 Å². The van der Waals surface area contributed by atoms with Crippen molar-refractivity contribution in [3.63, 3.8) is 0 Å². The molecular formula is C31H46O5. The van der Waals surface area contributed by atoms with Crippen LogP contribution in [0.1, 0.15) is 86.5 Å². The smallest absolute Gasteiger partial charge is 0.266 e. The van der Waals surface area contributed by atoms with Crippen molar-refractivity contribution in [2.24, 2.45) is 39.4 Å². The number of ether oxygens (including phenoxy) is 3. The summed E-state index contributed by atoms with van der Waals surface area (Å²) in [5.74, 6) is -0.0951. The Morgan fingerprint density at radius 3 is 2.03 bits per heavy atom. The lowest BCUT2D eigenvalue weighted by Gasteiger charge is -2.71. The number of carbonyl (C=O) groups excluding carboxylic acids is 2. The molecule has 36 heavy (non-hydrogen) atoms. The minimum atomic E-state index is -1.50. The van der Waals surface area contributed by atoms with Gasteiger partial charge in [-0.25, -0.2) is 0 Å². The maximum absolute atomic E-state index is 13.7. The molecule has 200 valence electrons. The molecule has 0 bridgehead atoms. The van der Waals surface area contributed by atoms with Gasteiger partial charge in [0.1, 0.15) is 5.78 Å². The summed E-state index contributed by atoms with van der Waals surface area (Å²) < 4.78 is 17.6. The molecule has 0 aliphatic heterocycles. The van der Waals surface area contributed by atoms with Crippen LogP contribution >= 0.6 is 0 Å². The number of methoxy groups -OCH3 is 3. The van der Waals surface area contributed by atoms with Crippen LogP contribution in [0.5, 0.6) is 0 Å². The lowest BCUT2D eigenvalue weighted by Crippen LogP contribution is -2.68. The predicted octanol–water partition coefficient (Wildman–Crippen LogP) is 6.06. The summed E-state index contributed by atoms with van der Waals surface area (Å²) in [6, 6.07) is 0. The van der Waals surface area contributed by atoms with Crippen molar-refractivity contribution in [2.45, 2.75) is 97.9 Å². The molecule has 0 spiro atoms. The van der Waals surface area contributed by atoms with Crippen LogP contribution in [0.25, 0.3) is 0 Å². The highest BCUT2D eigenvalue weighted by atomic mass is 16.7. The molecule has 3 fully saturated rings. The third-order valence-electron chi connectivity index (χ3n) is 12.7. The van der Waals surface area contributed by atoms with Crippen LogP contribution in [0.4, 0.5) is 0 Å². The first-order chi connectivity index (χ1) is 16.7. The topological polar surface area (TPSA) is 61.8 Å². The SMILES string of the molecule is COC1(OC)C(=O)C=C2C(=CC[C@H]3[C@@]2(C)CC[C@@]2(C)[C@@H]4C[C@@H](C)C(=O)C[C@]4(C)CC[C@]32C)[C@]1(C)OC. The molecule has 0 unspecified atom stereocenters. The highest BCUT2D eigenvalue weighted by Crippen LogP contribution is 2.75. The van der Waals surface area contributed by atoms with Crippen LogP contribution < -0.4 is 0 Å². The fourth-order valence-electron chi connectivity index (χ4n) is 10.2. The van der Waals surface area contributed by atoms with Gasteiger partial charge >= 0.3 is 0 Å². The van der Waals surface area contributed by atoms with E-state index in [1.165, 1.54) is 14.2 Å². The van der Waals surface area contributed by atoms with Crippen LogP contribution in [-0.2, 0) is 23.8 Å². The number of hydrogen-bond acceptors (Lipinski definition) is 5. The monoisotopic (exact) mass is 498 g/mol.